The number of rotatable bonds is 7. The van der Waals surface area contributed by atoms with Crippen LogP contribution in [0.1, 0.15) is 61.7 Å². The minimum absolute atomic E-state index is 0.122. The first-order valence-corrected chi connectivity index (χ1v) is 10.1. The van der Waals surface area contributed by atoms with Gasteiger partial charge in [-0.25, -0.2) is 4.98 Å². The van der Waals surface area contributed by atoms with E-state index in [0.29, 0.717) is 13.2 Å². The highest BCUT2D eigenvalue weighted by atomic mass is 16.6. The molecule has 5 heteroatoms. The Bertz CT molecular complexity index is 994. The van der Waals surface area contributed by atoms with E-state index in [2.05, 4.69) is 50.0 Å². The van der Waals surface area contributed by atoms with Crippen molar-refractivity contribution in [2.75, 3.05) is 0 Å². The van der Waals surface area contributed by atoms with Gasteiger partial charge in [-0.2, -0.15) is 0 Å². The summed E-state index contributed by atoms with van der Waals surface area (Å²) in [6, 6.07) is 16.0. The van der Waals surface area contributed by atoms with Gasteiger partial charge in [-0.1, -0.05) is 55.8 Å². The molecule has 3 rings (SSSR count). The van der Waals surface area contributed by atoms with Crippen molar-refractivity contribution in [1.82, 2.24) is 4.98 Å². The van der Waals surface area contributed by atoms with Gasteiger partial charge in [0.25, 0.3) is 0 Å². The lowest BCUT2D eigenvalue weighted by Crippen LogP contribution is -2.11. The van der Waals surface area contributed by atoms with Crippen LogP contribution in [0.15, 0.2) is 58.1 Å². The van der Waals surface area contributed by atoms with E-state index >= 15 is 0 Å². The summed E-state index contributed by atoms with van der Waals surface area (Å²) in [5.41, 5.74) is 4.83. The van der Waals surface area contributed by atoms with Crippen molar-refractivity contribution in [2.24, 2.45) is 5.16 Å². The smallest absolute Gasteiger partial charge is 0.200 e. The molecule has 2 aromatic carbocycles. The summed E-state index contributed by atoms with van der Waals surface area (Å²) < 4.78 is 11.7. The number of hydrogen-bond donors (Lipinski definition) is 0. The van der Waals surface area contributed by atoms with Crippen molar-refractivity contribution in [3.8, 4) is 5.75 Å². The number of hydrogen-bond acceptors (Lipinski definition) is 5. The minimum atomic E-state index is -0.122. The number of aromatic nitrogens is 1. The molecule has 1 aromatic heterocycles. The van der Waals surface area contributed by atoms with Crippen molar-refractivity contribution in [2.45, 2.75) is 60.2 Å². The fraction of sp³-hybridized carbons (Fsp3) is 0.360. The lowest BCUT2D eigenvalue weighted by molar-refractivity contribution is 0.130. The minimum Gasteiger partial charge on any atom is -0.487 e. The van der Waals surface area contributed by atoms with Gasteiger partial charge in [0.15, 0.2) is 5.89 Å². The fourth-order valence-electron chi connectivity index (χ4n) is 2.77. The average Bonchev–Trinajstić information content (AvgIpc) is 3.09. The van der Waals surface area contributed by atoms with Gasteiger partial charge in [-0.15, -0.1) is 0 Å². The highest BCUT2D eigenvalue weighted by Gasteiger charge is 2.22. The van der Waals surface area contributed by atoms with Crippen LogP contribution in [0, 0.1) is 13.8 Å². The van der Waals surface area contributed by atoms with E-state index in [1.807, 2.05) is 50.2 Å². The average molecular weight is 407 g/mol. The van der Waals surface area contributed by atoms with Crippen LogP contribution in [0.2, 0.25) is 0 Å². The van der Waals surface area contributed by atoms with Crippen LogP contribution in [-0.4, -0.2) is 10.7 Å². The second-order valence-electron chi connectivity index (χ2n) is 8.52. The first-order chi connectivity index (χ1) is 14.2. The maximum Gasteiger partial charge on any atom is 0.200 e. The Morgan fingerprint density at radius 2 is 1.63 bits per heavy atom. The van der Waals surface area contributed by atoms with Crippen LogP contribution in [-0.2, 0) is 23.5 Å². The molecule has 0 saturated heterocycles. The Kier molecular flexibility index (Phi) is 6.60. The van der Waals surface area contributed by atoms with Crippen molar-refractivity contribution < 1.29 is 14.0 Å². The first kappa shape index (κ1) is 21.6. The summed E-state index contributed by atoms with van der Waals surface area (Å²) in [4.78, 5) is 10.1. The van der Waals surface area contributed by atoms with Gasteiger partial charge in [-0.05, 0) is 56.2 Å². The third-order valence-electron chi connectivity index (χ3n) is 4.74. The first-order valence-electron chi connectivity index (χ1n) is 10.1. The Morgan fingerprint density at radius 1 is 0.967 bits per heavy atom. The second kappa shape index (κ2) is 9.16. The second-order valence-corrected chi connectivity index (χ2v) is 8.52. The molecule has 0 fully saturated rings. The zero-order chi connectivity index (χ0) is 21.7. The molecule has 0 N–H and O–H groups in total. The molecule has 1 heterocycles. The van der Waals surface area contributed by atoms with E-state index in [9.17, 15) is 0 Å². The molecule has 3 aromatic rings. The van der Waals surface area contributed by atoms with Crippen LogP contribution in [0.5, 0.6) is 5.75 Å². The van der Waals surface area contributed by atoms with Crippen LogP contribution in [0.3, 0.4) is 0 Å². The Balaban J connectivity index is 1.55. The molecule has 0 aliphatic carbocycles. The molecular weight excluding hydrogens is 376 g/mol. The molecule has 158 valence electrons. The van der Waals surface area contributed by atoms with Gasteiger partial charge < -0.3 is 14.0 Å². The number of oxime groups is 1. The Labute approximate surface area is 178 Å². The molecule has 0 aliphatic heterocycles. The molecule has 0 bridgehead atoms. The highest BCUT2D eigenvalue weighted by Crippen LogP contribution is 2.24. The number of aryl methyl sites for hydroxylation is 2. The number of ether oxygens (including phenoxy) is 1. The maximum atomic E-state index is 5.89. The van der Waals surface area contributed by atoms with Crippen LogP contribution < -0.4 is 4.74 Å². The summed E-state index contributed by atoms with van der Waals surface area (Å²) in [7, 11) is 0. The van der Waals surface area contributed by atoms with E-state index in [0.717, 1.165) is 39.9 Å². The largest absolute Gasteiger partial charge is 0.487 e. The van der Waals surface area contributed by atoms with Gasteiger partial charge in [-0.3, -0.25) is 0 Å². The van der Waals surface area contributed by atoms with Gasteiger partial charge in [0.1, 0.15) is 30.4 Å². The predicted octanol–water partition coefficient (Wildman–Crippen LogP) is 6.11. The molecule has 0 spiro atoms. The third-order valence-corrected chi connectivity index (χ3v) is 4.74. The zero-order valence-electron chi connectivity index (χ0n) is 18.7. The van der Waals surface area contributed by atoms with Crippen molar-refractivity contribution >= 4 is 5.71 Å². The molecule has 5 nitrogen and oxygen atoms in total. The van der Waals surface area contributed by atoms with E-state index in [4.69, 9.17) is 14.0 Å². The van der Waals surface area contributed by atoms with E-state index in [1.54, 1.807) is 0 Å². The molecule has 0 unspecified atom stereocenters. The maximum absolute atomic E-state index is 5.89. The van der Waals surface area contributed by atoms with E-state index in [1.165, 1.54) is 5.56 Å². The zero-order valence-corrected chi connectivity index (χ0v) is 18.7. The molecule has 0 saturated carbocycles. The van der Waals surface area contributed by atoms with Gasteiger partial charge in [0, 0.05) is 5.41 Å². The summed E-state index contributed by atoms with van der Waals surface area (Å²) in [6.45, 7) is 13.0. The number of benzene rings is 2. The topological polar surface area (TPSA) is 56.9 Å². The number of nitrogens with zero attached hydrogens (tertiary/aromatic N) is 2. The van der Waals surface area contributed by atoms with Crippen molar-refractivity contribution in [3.63, 3.8) is 0 Å². The number of oxazole rings is 1. The molecule has 30 heavy (non-hydrogen) atoms. The quantitative estimate of drug-likeness (QED) is 0.351. The normalized spacial score (nSPS) is 12.1. The van der Waals surface area contributed by atoms with Gasteiger partial charge in [0.2, 0.25) is 0 Å². The summed E-state index contributed by atoms with van der Waals surface area (Å²) in [5.74, 6) is 2.29. The molecule has 0 amide bonds. The van der Waals surface area contributed by atoms with Crippen LogP contribution in [0.25, 0.3) is 0 Å². The fourth-order valence-corrected chi connectivity index (χ4v) is 2.77. The standard InChI is InChI=1S/C25H30N2O3/c1-17-7-9-20(10-8-17)15-29-27-18(2)21-11-13-22(14-12-21)28-16-23-19(3)30-24(26-23)25(4,5)6/h7-14H,15-16H2,1-6H3/b27-18+. The summed E-state index contributed by atoms with van der Waals surface area (Å²) in [5, 5.41) is 4.23. The van der Waals surface area contributed by atoms with E-state index in [-0.39, 0.29) is 5.41 Å². The Hall–Kier alpha value is -3.08. The third kappa shape index (κ3) is 5.72. The molecule has 0 atom stereocenters. The van der Waals surface area contributed by atoms with Gasteiger partial charge in [0.05, 0.1) is 5.71 Å². The monoisotopic (exact) mass is 406 g/mol. The SMILES string of the molecule is C/C(=N\OCc1ccc(C)cc1)c1ccc(OCc2nc(C(C)(C)C)oc2C)cc1. The highest BCUT2D eigenvalue weighted by molar-refractivity contribution is 5.98. The van der Waals surface area contributed by atoms with Gasteiger partial charge >= 0.3 is 0 Å². The van der Waals surface area contributed by atoms with Crippen LogP contribution in [0.4, 0.5) is 0 Å². The molecule has 0 aliphatic rings. The lowest BCUT2D eigenvalue weighted by atomic mass is 9.97. The van der Waals surface area contributed by atoms with Crippen molar-refractivity contribution in [3.05, 3.63) is 82.6 Å². The summed E-state index contributed by atoms with van der Waals surface area (Å²) >= 11 is 0. The van der Waals surface area contributed by atoms with Crippen molar-refractivity contribution in [1.29, 1.82) is 0 Å². The Morgan fingerprint density at radius 3 is 2.23 bits per heavy atom. The summed E-state index contributed by atoms with van der Waals surface area (Å²) in [6.07, 6.45) is 0. The van der Waals surface area contributed by atoms with Crippen LogP contribution >= 0.6 is 0 Å². The molecule has 0 radical (unpaired) electrons. The predicted molar refractivity (Wildman–Crippen MR) is 119 cm³/mol. The van der Waals surface area contributed by atoms with E-state index < -0.39 is 0 Å². The lowest BCUT2D eigenvalue weighted by Gasteiger charge is -2.11. The molecular formula is C25H30N2O3.